The van der Waals surface area contributed by atoms with Gasteiger partial charge >= 0.3 is 0 Å². The number of amides is 1. The fourth-order valence-corrected chi connectivity index (χ4v) is 3.25. The van der Waals surface area contributed by atoms with Crippen LogP contribution in [0.3, 0.4) is 0 Å². The maximum Gasteiger partial charge on any atom is 0.226 e. The van der Waals surface area contributed by atoms with Gasteiger partial charge in [-0.25, -0.2) is 0 Å². The van der Waals surface area contributed by atoms with Crippen molar-refractivity contribution in [3.8, 4) is 0 Å². The molecule has 4 nitrogen and oxygen atoms in total. The maximum absolute atomic E-state index is 12.5. The van der Waals surface area contributed by atoms with Crippen LogP contribution in [0, 0.1) is 5.41 Å². The molecule has 4 heteroatoms. The van der Waals surface area contributed by atoms with E-state index in [0.29, 0.717) is 0 Å². The lowest BCUT2D eigenvalue weighted by Crippen LogP contribution is -2.53. The highest BCUT2D eigenvalue weighted by Gasteiger charge is 2.39. The van der Waals surface area contributed by atoms with Crippen molar-refractivity contribution in [1.82, 2.24) is 10.6 Å². The van der Waals surface area contributed by atoms with E-state index in [9.17, 15) is 9.90 Å². The third-order valence-corrected chi connectivity index (χ3v) is 4.77. The van der Waals surface area contributed by atoms with Crippen LogP contribution in [-0.2, 0) is 4.79 Å². The second-order valence-corrected chi connectivity index (χ2v) is 5.82. The molecule has 2 aliphatic rings. The molecular weight excluding hydrogens is 228 g/mol. The zero-order chi connectivity index (χ0) is 13.0. The standard InChI is InChI=1S/C14H26N2O2/c1-2-14(7-9-15-10-8-14)13(18)16-11-5-3-4-6-12(11)17/h11-12,15,17H,2-10H2,1H3,(H,16,18)/t11-,12-/m0/s1. The number of hydrogen-bond acceptors (Lipinski definition) is 3. The van der Waals surface area contributed by atoms with Crippen LogP contribution in [0.5, 0.6) is 0 Å². The van der Waals surface area contributed by atoms with E-state index in [1.54, 1.807) is 0 Å². The van der Waals surface area contributed by atoms with Crippen LogP contribution in [0.2, 0.25) is 0 Å². The molecule has 2 atom stereocenters. The Morgan fingerprint density at radius 2 is 2.00 bits per heavy atom. The molecule has 1 heterocycles. The van der Waals surface area contributed by atoms with E-state index in [1.165, 1.54) is 0 Å². The first-order valence-corrected chi connectivity index (χ1v) is 7.38. The molecule has 0 aromatic heterocycles. The molecule has 1 amide bonds. The third kappa shape index (κ3) is 2.86. The quantitative estimate of drug-likeness (QED) is 0.709. The first kappa shape index (κ1) is 13.8. The van der Waals surface area contributed by atoms with Gasteiger partial charge in [0.25, 0.3) is 0 Å². The normalized spacial score (nSPS) is 31.9. The van der Waals surface area contributed by atoms with Crippen molar-refractivity contribution >= 4 is 5.91 Å². The van der Waals surface area contributed by atoms with Gasteiger partial charge in [0, 0.05) is 0 Å². The molecule has 1 saturated heterocycles. The van der Waals surface area contributed by atoms with E-state index >= 15 is 0 Å². The SMILES string of the molecule is CCC1(C(=O)N[C@H]2CCCC[C@@H]2O)CCNCC1. The van der Waals surface area contributed by atoms with E-state index < -0.39 is 0 Å². The molecular formula is C14H26N2O2. The molecule has 104 valence electrons. The largest absolute Gasteiger partial charge is 0.391 e. The van der Waals surface area contributed by atoms with Crippen molar-refractivity contribution in [3.63, 3.8) is 0 Å². The first-order valence-electron chi connectivity index (χ1n) is 7.38. The van der Waals surface area contributed by atoms with E-state index in [2.05, 4.69) is 17.6 Å². The van der Waals surface area contributed by atoms with Gasteiger partial charge < -0.3 is 15.7 Å². The molecule has 0 unspecified atom stereocenters. The van der Waals surface area contributed by atoms with Gasteiger partial charge in [-0.05, 0) is 45.2 Å². The van der Waals surface area contributed by atoms with Crippen molar-refractivity contribution in [1.29, 1.82) is 0 Å². The summed E-state index contributed by atoms with van der Waals surface area (Å²) in [6.45, 7) is 3.95. The molecule has 0 aromatic carbocycles. The number of hydrogen-bond donors (Lipinski definition) is 3. The monoisotopic (exact) mass is 254 g/mol. The summed E-state index contributed by atoms with van der Waals surface area (Å²) in [4.78, 5) is 12.5. The van der Waals surface area contributed by atoms with Gasteiger partial charge in [-0.2, -0.15) is 0 Å². The Hall–Kier alpha value is -0.610. The molecule has 0 bridgehead atoms. The van der Waals surface area contributed by atoms with Gasteiger partial charge in [-0.1, -0.05) is 19.8 Å². The van der Waals surface area contributed by atoms with Gasteiger partial charge in [-0.15, -0.1) is 0 Å². The number of piperidine rings is 1. The topological polar surface area (TPSA) is 61.4 Å². The van der Waals surface area contributed by atoms with E-state index in [4.69, 9.17) is 0 Å². The van der Waals surface area contributed by atoms with Crippen molar-refractivity contribution in [2.45, 2.75) is 64.0 Å². The van der Waals surface area contributed by atoms with Gasteiger partial charge in [0.15, 0.2) is 0 Å². The molecule has 1 aliphatic carbocycles. The molecule has 0 aromatic rings. The Kier molecular flexibility index (Phi) is 4.62. The fraction of sp³-hybridized carbons (Fsp3) is 0.929. The number of carbonyl (C=O) groups excluding carboxylic acids is 1. The molecule has 2 fully saturated rings. The summed E-state index contributed by atoms with van der Waals surface area (Å²) in [6.07, 6.45) is 6.31. The van der Waals surface area contributed by atoms with Crippen LogP contribution in [-0.4, -0.2) is 36.2 Å². The lowest BCUT2D eigenvalue weighted by atomic mass is 9.75. The molecule has 3 N–H and O–H groups in total. The molecule has 0 radical (unpaired) electrons. The predicted molar refractivity (Wildman–Crippen MR) is 71.2 cm³/mol. The predicted octanol–water partition coefficient (Wildman–Crippen LogP) is 1.19. The minimum absolute atomic E-state index is 0.0236. The van der Waals surface area contributed by atoms with E-state index in [1.807, 2.05) is 0 Å². The maximum atomic E-state index is 12.5. The molecule has 1 aliphatic heterocycles. The average molecular weight is 254 g/mol. The van der Waals surface area contributed by atoms with Crippen molar-refractivity contribution in [3.05, 3.63) is 0 Å². The summed E-state index contributed by atoms with van der Waals surface area (Å²) in [7, 11) is 0. The Balaban J connectivity index is 1.96. The lowest BCUT2D eigenvalue weighted by molar-refractivity contribution is -0.134. The van der Waals surface area contributed by atoms with Gasteiger partial charge in [-0.3, -0.25) is 4.79 Å². The Morgan fingerprint density at radius 3 is 2.61 bits per heavy atom. The van der Waals surface area contributed by atoms with Crippen molar-refractivity contribution in [2.75, 3.05) is 13.1 Å². The van der Waals surface area contributed by atoms with Crippen molar-refractivity contribution in [2.24, 2.45) is 5.41 Å². The first-order chi connectivity index (χ1) is 8.68. The van der Waals surface area contributed by atoms with Crippen LogP contribution in [0.15, 0.2) is 0 Å². The number of aliphatic hydroxyl groups is 1. The smallest absolute Gasteiger partial charge is 0.226 e. The van der Waals surface area contributed by atoms with E-state index in [0.717, 1.165) is 58.0 Å². The zero-order valence-electron chi connectivity index (χ0n) is 11.4. The van der Waals surface area contributed by atoms with Crippen LogP contribution in [0.25, 0.3) is 0 Å². The van der Waals surface area contributed by atoms with Crippen molar-refractivity contribution < 1.29 is 9.90 Å². The summed E-state index contributed by atoms with van der Waals surface area (Å²) in [6, 6.07) is -0.0236. The number of carbonyl (C=O) groups is 1. The highest BCUT2D eigenvalue weighted by molar-refractivity contribution is 5.83. The van der Waals surface area contributed by atoms with Crippen LogP contribution >= 0.6 is 0 Å². The number of nitrogens with one attached hydrogen (secondary N) is 2. The van der Waals surface area contributed by atoms with Crippen LogP contribution in [0.4, 0.5) is 0 Å². The molecule has 0 spiro atoms. The van der Waals surface area contributed by atoms with Crippen LogP contribution < -0.4 is 10.6 Å². The zero-order valence-corrected chi connectivity index (χ0v) is 11.4. The minimum atomic E-state index is -0.349. The fourth-order valence-electron chi connectivity index (χ4n) is 3.25. The Bertz CT molecular complexity index is 288. The molecule has 1 saturated carbocycles. The number of rotatable bonds is 3. The Labute approximate surface area is 110 Å². The van der Waals surface area contributed by atoms with Crippen LogP contribution in [0.1, 0.15) is 51.9 Å². The van der Waals surface area contributed by atoms with Gasteiger partial charge in [0.05, 0.1) is 17.6 Å². The number of aliphatic hydroxyl groups excluding tert-OH is 1. The summed E-state index contributed by atoms with van der Waals surface area (Å²) in [5, 5.41) is 16.4. The molecule has 18 heavy (non-hydrogen) atoms. The Morgan fingerprint density at radius 1 is 1.33 bits per heavy atom. The molecule has 2 rings (SSSR count). The summed E-state index contributed by atoms with van der Waals surface area (Å²) in [5.74, 6) is 0.164. The second-order valence-electron chi connectivity index (χ2n) is 5.82. The highest BCUT2D eigenvalue weighted by Crippen LogP contribution is 2.33. The summed E-state index contributed by atoms with van der Waals surface area (Å²) in [5.41, 5.74) is -0.206. The third-order valence-electron chi connectivity index (χ3n) is 4.77. The summed E-state index contributed by atoms with van der Waals surface area (Å²) < 4.78 is 0. The second kappa shape index (κ2) is 6.02. The van der Waals surface area contributed by atoms with Gasteiger partial charge in [0.2, 0.25) is 5.91 Å². The average Bonchev–Trinajstić information content (AvgIpc) is 2.42. The minimum Gasteiger partial charge on any atom is -0.391 e. The van der Waals surface area contributed by atoms with E-state index in [-0.39, 0.29) is 23.5 Å². The lowest BCUT2D eigenvalue weighted by Gasteiger charge is -2.38. The highest BCUT2D eigenvalue weighted by atomic mass is 16.3. The summed E-state index contributed by atoms with van der Waals surface area (Å²) >= 11 is 0. The van der Waals surface area contributed by atoms with Gasteiger partial charge in [0.1, 0.15) is 0 Å².